The minimum absolute atomic E-state index is 0.616. The Hall–Kier alpha value is -0.550. The number of aryl methyl sites for hydroxylation is 2. The molecule has 0 fully saturated rings. The highest BCUT2D eigenvalue weighted by Crippen LogP contribution is 2.32. The molecule has 14 heavy (non-hydrogen) atoms. The minimum Gasteiger partial charge on any atom is -0.324 e. The van der Waals surface area contributed by atoms with Crippen LogP contribution in [0.1, 0.15) is 27.8 Å². The fourth-order valence-electron chi connectivity index (χ4n) is 1.38. The van der Waals surface area contributed by atoms with Crippen molar-refractivity contribution >= 4 is 11.3 Å². The van der Waals surface area contributed by atoms with Gasteiger partial charge >= 0.3 is 6.18 Å². The molecule has 0 aliphatic rings. The summed E-state index contributed by atoms with van der Waals surface area (Å²) in [5, 5.41) is 0. The molecule has 0 amide bonds. The van der Waals surface area contributed by atoms with Crippen LogP contribution >= 0.6 is 11.3 Å². The summed E-state index contributed by atoms with van der Waals surface area (Å²) >= 11 is 1.48. The summed E-state index contributed by atoms with van der Waals surface area (Å²) in [5.74, 6) is 0. The second-order valence-corrected chi connectivity index (χ2v) is 4.75. The molecule has 0 radical (unpaired) electrons. The van der Waals surface area contributed by atoms with Gasteiger partial charge in [0.25, 0.3) is 0 Å². The molecule has 0 saturated carbocycles. The Bertz CT molecular complexity index is 316. The second-order valence-electron chi connectivity index (χ2n) is 3.29. The van der Waals surface area contributed by atoms with Crippen molar-refractivity contribution in [2.45, 2.75) is 32.5 Å². The van der Waals surface area contributed by atoms with Crippen LogP contribution in [0.3, 0.4) is 0 Å². The Morgan fingerprint density at radius 2 is 2.00 bits per heavy atom. The highest BCUT2D eigenvalue weighted by molar-refractivity contribution is 7.12. The first kappa shape index (κ1) is 11.5. The van der Waals surface area contributed by atoms with Crippen LogP contribution in [0.4, 0.5) is 13.2 Å². The highest BCUT2D eigenvalue weighted by Gasteiger charge is 2.31. The number of thiophene rings is 1. The number of halogens is 3. The molecule has 0 saturated heterocycles. The van der Waals surface area contributed by atoms with E-state index >= 15 is 0 Å². The molecule has 0 aromatic carbocycles. The summed E-state index contributed by atoms with van der Waals surface area (Å²) in [5.41, 5.74) is 6.10. The maximum Gasteiger partial charge on any atom is 0.390 e. The van der Waals surface area contributed by atoms with Crippen molar-refractivity contribution in [3.8, 4) is 0 Å². The quantitative estimate of drug-likeness (QED) is 0.817. The summed E-state index contributed by atoms with van der Waals surface area (Å²) < 4.78 is 36.2. The molecule has 1 nitrogen and oxygen atoms in total. The number of hydrogen-bond donors (Lipinski definition) is 1. The molecule has 0 aliphatic carbocycles. The predicted molar refractivity (Wildman–Crippen MR) is 51.4 cm³/mol. The Morgan fingerprint density at radius 3 is 2.36 bits per heavy atom. The summed E-state index contributed by atoms with van der Waals surface area (Å²) in [7, 11) is 0. The molecule has 2 N–H and O–H groups in total. The van der Waals surface area contributed by atoms with Crippen LogP contribution in [-0.2, 0) is 0 Å². The maximum absolute atomic E-state index is 12.1. The van der Waals surface area contributed by atoms with E-state index in [0.717, 1.165) is 9.75 Å². The molecule has 0 bridgehead atoms. The smallest absolute Gasteiger partial charge is 0.324 e. The minimum atomic E-state index is -4.19. The van der Waals surface area contributed by atoms with E-state index in [1.165, 1.54) is 11.3 Å². The van der Waals surface area contributed by atoms with E-state index in [-0.39, 0.29) is 0 Å². The van der Waals surface area contributed by atoms with Gasteiger partial charge in [-0.05, 0) is 25.5 Å². The lowest BCUT2D eigenvalue weighted by Crippen LogP contribution is -2.20. The fourth-order valence-corrected chi connectivity index (χ4v) is 2.37. The molecule has 0 aliphatic heterocycles. The van der Waals surface area contributed by atoms with Gasteiger partial charge in [-0.15, -0.1) is 11.3 Å². The van der Waals surface area contributed by atoms with Crippen LogP contribution in [0.15, 0.2) is 6.07 Å². The van der Waals surface area contributed by atoms with Crippen molar-refractivity contribution in [3.63, 3.8) is 0 Å². The van der Waals surface area contributed by atoms with E-state index in [4.69, 9.17) is 5.73 Å². The first-order valence-corrected chi connectivity index (χ1v) is 5.00. The normalized spacial score (nSPS) is 14.4. The van der Waals surface area contributed by atoms with E-state index in [0.29, 0.717) is 5.56 Å². The molecule has 5 heteroatoms. The van der Waals surface area contributed by atoms with Gasteiger partial charge in [-0.2, -0.15) is 13.2 Å². The van der Waals surface area contributed by atoms with E-state index < -0.39 is 18.6 Å². The third-order valence-corrected chi connectivity index (χ3v) is 2.91. The third-order valence-electron chi connectivity index (χ3n) is 1.93. The molecule has 0 spiro atoms. The first-order chi connectivity index (χ1) is 6.29. The van der Waals surface area contributed by atoms with Crippen LogP contribution < -0.4 is 5.73 Å². The van der Waals surface area contributed by atoms with Crippen LogP contribution in [0.5, 0.6) is 0 Å². The van der Waals surface area contributed by atoms with E-state index in [2.05, 4.69) is 0 Å². The Morgan fingerprint density at radius 1 is 1.43 bits per heavy atom. The topological polar surface area (TPSA) is 26.0 Å². The van der Waals surface area contributed by atoms with Gasteiger partial charge in [0, 0.05) is 15.8 Å². The molecule has 1 aromatic heterocycles. The third kappa shape index (κ3) is 2.99. The predicted octanol–water partition coefficient (Wildman–Crippen LogP) is 3.32. The lowest BCUT2D eigenvalue weighted by molar-refractivity contribution is -0.138. The van der Waals surface area contributed by atoms with Gasteiger partial charge in [0.05, 0.1) is 6.42 Å². The van der Waals surface area contributed by atoms with Crippen LogP contribution in [0, 0.1) is 13.8 Å². The van der Waals surface area contributed by atoms with Gasteiger partial charge < -0.3 is 5.73 Å². The molecule has 0 unspecified atom stereocenters. The Balaban J connectivity index is 2.79. The van der Waals surface area contributed by atoms with Crippen molar-refractivity contribution in [3.05, 3.63) is 21.4 Å². The average molecular weight is 223 g/mol. The summed E-state index contributed by atoms with van der Waals surface area (Å²) in [6, 6.07) is 0.802. The van der Waals surface area contributed by atoms with Crippen molar-refractivity contribution in [2.75, 3.05) is 0 Å². The van der Waals surface area contributed by atoms with Gasteiger partial charge in [0.15, 0.2) is 0 Å². The zero-order chi connectivity index (χ0) is 10.9. The van der Waals surface area contributed by atoms with E-state index in [1.807, 2.05) is 6.92 Å². The van der Waals surface area contributed by atoms with Gasteiger partial charge in [-0.3, -0.25) is 0 Å². The zero-order valence-corrected chi connectivity index (χ0v) is 8.80. The highest BCUT2D eigenvalue weighted by atomic mass is 32.1. The van der Waals surface area contributed by atoms with Gasteiger partial charge in [0.2, 0.25) is 0 Å². The maximum atomic E-state index is 12.1. The molecule has 1 rings (SSSR count). The fraction of sp³-hybridized carbons (Fsp3) is 0.556. The van der Waals surface area contributed by atoms with Crippen LogP contribution in [-0.4, -0.2) is 6.18 Å². The molecule has 1 atom stereocenters. The number of nitrogens with two attached hydrogens (primary N) is 1. The van der Waals surface area contributed by atoms with Gasteiger partial charge in [-0.25, -0.2) is 0 Å². The molecule has 1 aromatic rings. The first-order valence-electron chi connectivity index (χ1n) is 4.19. The summed E-state index contributed by atoms with van der Waals surface area (Å²) in [4.78, 5) is 1.87. The second kappa shape index (κ2) is 3.90. The monoisotopic (exact) mass is 223 g/mol. The summed E-state index contributed by atoms with van der Waals surface area (Å²) in [6.45, 7) is 3.66. The average Bonchev–Trinajstić information content (AvgIpc) is 2.26. The standard InChI is InChI=1S/C9H12F3NS/c1-5-3-7(6(2)14-5)8(13)4-9(10,11)12/h3,8H,4,13H2,1-2H3/t8-/m1/s1. The van der Waals surface area contributed by atoms with E-state index in [1.54, 1.807) is 13.0 Å². The number of rotatable bonds is 2. The van der Waals surface area contributed by atoms with Crippen LogP contribution in [0.25, 0.3) is 0 Å². The molecular formula is C9H12F3NS. The van der Waals surface area contributed by atoms with Gasteiger partial charge in [0.1, 0.15) is 0 Å². The molecule has 1 heterocycles. The molecule has 80 valence electrons. The van der Waals surface area contributed by atoms with Crippen LogP contribution in [0.2, 0.25) is 0 Å². The lowest BCUT2D eigenvalue weighted by Gasteiger charge is -2.13. The molecular weight excluding hydrogens is 211 g/mol. The SMILES string of the molecule is Cc1cc([C@H](N)CC(F)(F)F)c(C)s1. The number of alkyl halides is 3. The zero-order valence-electron chi connectivity index (χ0n) is 7.98. The Labute approximate surface area is 84.7 Å². The van der Waals surface area contributed by atoms with Gasteiger partial charge in [-0.1, -0.05) is 0 Å². The van der Waals surface area contributed by atoms with E-state index in [9.17, 15) is 13.2 Å². The lowest BCUT2D eigenvalue weighted by atomic mass is 10.1. The van der Waals surface area contributed by atoms with Crippen molar-refractivity contribution in [1.82, 2.24) is 0 Å². The number of hydrogen-bond acceptors (Lipinski definition) is 2. The Kier molecular flexibility index (Phi) is 3.21. The van der Waals surface area contributed by atoms with Crippen molar-refractivity contribution in [2.24, 2.45) is 5.73 Å². The van der Waals surface area contributed by atoms with Crippen molar-refractivity contribution in [1.29, 1.82) is 0 Å². The largest absolute Gasteiger partial charge is 0.390 e. The summed E-state index contributed by atoms with van der Waals surface area (Å²) in [6.07, 6.45) is -5.15. The van der Waals surface area contributed by atoms with Crippen molar-refractivity contribution < 1.29 is 13.2 Å².